The number of likely N-dealkylation sites (N-methyl/N-ethyl adjacent to an activating group) is 1. The Morgan fingerprint density at radius 3 is 2.38 bits per heavy atom. The van der Waals surface area contributed by atoms with Gasteiger partial charge < -0.3 is 24.9 Å². The van der Waals surface area contributed by atoms with Crippen LogP contribution in [0.2, 0.25) is 0 Å². The second-order valence-corrected chi connectivity index (χ2v) is 2.95. The third-order valence-electron chi connectivity index (χ3n) is 1.02. The van der Waals surface area contributed by atoms with Crippen LogP contribution in [0, 0.1) is 13.8 Å². The van der Waals surface area contributed by atoms with Gasteiger partial charge in [-0.2, -0.15) is 18.7 Å². The second-order valence-electron chi connectivity index (χ2n) is 1.80. The van der Waals surface area contributed by atoms with Crippen LogP contribution >= 0.6 is 11.8 Å². The summed E-state index contributed by atoms with van der Waals surface area (Å²) in [6, 6.07) is -0.392. The van der Waals surface area contributed by atoms with E-state index in [1.54, 1.807) is 25.7 Å². The van der Waals surface area contributed by atoms with Crippen LogP contribution in [0.25, 0.3) is 0 Å². The first-order valence-electron chi connectivity index (χ1n) is 3.77. The van der Waals surface area contributed by atoms with Crippen LogP contribution in [0.5, 0.6) is 0 Å². The largest absolute Gasteiger partial charge is 0.358 e. The standard InChI is InChI=1S/C6H13N2OS.C2H5.Y/c1-3-10-4-5(7)6(9)8-2;1-2;/h5H,1,3-4,7H2,2H3,(H,8,9);1H2,2H3;/q2*-1;. The molecule has 0 aromatic rings. The van der Waals surface area contributed by atoms with Crippen LogP contribution in [0.3, 0.4) is 0 Å². The molecule has 1 amide bonds. The first-order valence-corrected chi connectivity index (χ1v) is 4.92. The molecular weight excluding hydrogens is 261 g/mol. The van der Waals surface area contributed by atoms with Crippen molar-refractivity contribution in [3.63, 3.8) is 0 Å². The van der Waals surface area contributed by atoms with Gasteiger partial charge >= 0.3 is 0 Å². The number of thioether (sulfide) groups is 1. The zero-order valence-corrected chi connectivity index (χ0v) is 12.0. The van der Waals surface area contributed by atoms with Gasteiger partial charge in [-0.3, -0.25) is 4.79 Å². The van der Waals surface area contributed by atoms with Gasteiger partial charge in [0, 0.05) is 45.5 Å². The van der Waals surface area contributed by atoms with E-state index in [4.69, 9.17) is 5.73 Å². The molecular formula is C8H18N2OSY-2. The van der Waals surface area contributed by atoms with Crippen molar-refractivity contribution in [3.8, 4) is 0 Å². The van der Waals surface area contributed by atoms with Crippen molar-refractivity contribution in [3.05, 3.63) is 13.8 Å². The maximum absolute atomic E-state index is 10.7. The van der Waals surface area contributed by atoms with Gasteiger partial charge in [0.15, 0.2) is 0 Å². The Morgan fingerprint density at radius 1 is 1.62 bits per heavy atom. The fraction of sp³-hybridized carbons (Fsp3) is 0.625. The molecule has 1 unspecified atom stereocenters. The van der Waals surface area contributed by atoms with Crippen LogP contribution in [0.15, 0.2) is 0 Å². The molecule has 77 valence electrons. The van der Waals surface area contributed by atoms with Gasteiger partial charge in [-0.05, 0) is 0 Å². The second kappa shape index (κ2) is 15.4. The zero-order chi connectivity index (χ0) is 9.98. The van der Waals surface area contributed by atoms with Gasteiger partial charge in [0.2, 0.25) is 5.91 Å². The summed E-state index contributed by atoms with van der Waals surface area (Å²) in [5.41, 5.74) is 5.45. The molecule has 0 bridgehead atoms. The summed E-state index contributed by atoms with van der Waals surface area (Å²) in [6.45, 7) is 8.62. The maximum atomic E-state index is 10.7. The first-order chi connectivity index (χ1) is 5.72. The Balaban J connectivity index is -0.000000309. The Hall–Kier alpha value is 0.884. The quantitative estimate of drug-likeness (QED) is 0.735. The number of carbonyl (C=O) groups is 1. The number of rotatable bonds is 4. The smallest absolute Gasteiger partial charge is 0.237 e. The molecule has 1 atom stereocenters. The molecule has 0 rings (SSSR count). The van der Waals surface area contributed by atoms with Gasteiger partial charge in [-0.25, -0.2) is 0 Å². The van der Waals surface area contributed by atoms with E-state index in [-0.39, 0.29) is 38.6 Å². The summed E-state index contributed by atoms with van der Waals surface area (Å²) in [5, 5.41) is 2.48. The molecule has 0 aliphatic heterocycles. The number of hydrogen-bond donors (Lipinski definition) is 2. The van der Waals surface area contributed by atoms with Gasteiger partial charge in [0.05, 0.1) is 6.04 Å². The van der Waals surface area contributed by atoms with Crippen LogP contribution in [-0.4, -0.2) is 30.5 Å². The number of carbonyl (C=O) groups excluding carboxylic acids is 1. The van der Waals surface area contributed by atoms with Crippen LogP contribution in [0.4, 0.5) is 0 Å². The van der Waals surface area contributed by atoms with Crippen LogP contribution in [0.1, 0.15) is 6.92 Å². The maximum Gasteiger partial charge on any atom is 0.237 e. The van der Waals surface area contributed by atoms with Crippen LogP contribution in [-0.2, 0) is 37.5 Å². The van der Waals surface area contributed by atoms with Crippen molar-refractivity contribution in [1.82, 2.24) is 5.32 Å². The van der Waals surface area contributed by atoms with Gasteiger partial charge in [0.1, 0.15) is 0 Å². The molecule has 0 aliphatic rings. The minimum absolute atomic E-state index is 0. The minimum Gasteiger partial charge on any atom is -0.358 e. The molecule has 0 aromatic carbocycles. The monoisotopic (exact) mass is 279 g/mol. The number of nitrogens with two attached hydrogens (primary N) is 1. The summed E-state index contributed by atoms with van der Waals surface area (Å²) in [6.07, 6.45) is 0. The fourth-order valence-electron chi connectivity index (χ4n) is 0.471. The summed E-state index contributed by atoms with van der Waals surface area (Å²) in [7, 11) is 1.58. The molecule has 0 saturated carbocycles. The summed E-state index contributed by atoms with van der Waals surface area (Å²) in [5.74, 6) is 1.29. The molecule has 3 nitrogen and oxygen atoms in total. The SMILES string of the molecule is [CH2-]C.[CH2-]CSCC(N)C(=O)NC.[Y]. The molecule has 0 aromatic heterocycles. The van der Waals surface area contributed by atoms with E-state index in [1.165, 1.54) is 0 Å². The molecule has 3 N–H and O–H groups in total. The van der Waals surface area contributed by atoms with Gasteiger partial charge in [-0.1, -0.05) is 0 Å². The molecule has 0 spiro atoms. The molecule has 0 fully saturated rings. The Labute approximate surface area is 111 Å². The van der Waals surface area contributed by atoms with Crippen molar-refractivity contribution >= 4 is 17.7 Å². The van der Waals surface area contributed by atoms with Crippen molar-refractivity contribution in [1.29, 1.82) is 0 Å². The van der Waals surface area contributed by atoms with E-state index in [2.05, 4.69) is 19.2 Å². The average molecular weight is 279 g/mol. The predicted octanol–water partition coefficient (Wildman–Crippen LogP) is 0.465. The van der Waals surface area contributed by atoms with E-state index in [0.29, 0.717) is 5.75 Å². The fourth-order valence-corrected chi connectivity index (χ4v) is 1.04. The molecule has 5 heteroatoms. The summed E-state index contributed by atoms with van der Waals surface area (Å²) >= 11 is 1.56. The molecule has 13 heavy (non-hydrogen) atoms. The Bertz CT molecular complexity index is 114. The molecule has 0 heterocycles. The van der Waals surface area contributed by atoms with Crippen molar-refractivity contribution in [2.75, 3.05) is 18.6 Å². The third kappa shape index (κ3) is 12.9. The number of nitrogens with one attached hydrogen (secondary N) is 1. The summed E-state index contributed by atoms with van der Waals surface area (Å²) < 4.78 is 0. The van der Waals surface area contributed by atoms with E-state index in [0.717, 1.165) is 5.75 Å². The summed E-state index contributed by atoms with van der Waals surface area (Å²) in [4.78, 5) is 10.7. The normalized spacial score (nSPS) is 10.2. The van der Waals surface area contributed by atoms with Gasteiger partial charge in [0.25, 0.3) is 0 Å². The van der Waals surface area contributed by atoms with E-state index in [1.807, 2.05) is 0 Å². The van der Waals surface area contributed by atoms with Gasteiger partial charge in [-0.15, -0.1) is 5.75 Å². The predicted molar refractivity (Wildman–Crippen MR) is 55.8 cm³/mol. The van der Waals surface area contributed by atoms with Crippen molar-refractivity contribution in [2.24, 2.45) is 5.73 Å². The number of amides is 1. The van der Waals surface area contributed by atoms with Crippen molar-refractivity contribution in [2.45, 2.75) is 13.0 Å². The molecule has 1 radical (unpaired) electrons. The Kier molecular flexibility index (Phi) is 23.0. The van der Waals surface area contributed by atoms with E-state index in [9.17, 15) is 4.79 Å². The Morgan fingerprint density at radius 2 is 2.08 bits per heavy atom. The zero-order valence-electron chi connectivity index (χ0n) is 8.38. The minimum atomic E-state index is -0.392. The first kappa shape index (κ1) is 19.5. The topological polar surface area (TPSA) is 55.1 Å². The van der Waals surface area contributed by atoms with E-state index < -0.39 is 6.04 Å². The molecule has 0 aliphatic carbocycles. The molecule has 0 saturated heterocycles. The van der Waals surface area contributed by atoms with E-state index >= 15 is 0 Å². The number of hydrogen-bond acceptors (Lipinski definition) is 3. The van der Waals surface area contributed by atoms with Crippen LogP contribution < -0.4 is 11.1 Å². The third-order valence-corrected chi connectivity index (χ3v) is 1.91. The average Bonchev–Trinajstić information content (AvgIpc) is 2.16. The van der Waals surface area contributed by atoms with Crippen molar-refractivity contribution < 1.29 is 37.5 Å².